The van der Waals surface area contributed by atoms with Gasteiger partial charge in [-0.15, -0.1) is 0 Å². The lowest BCUT2D eigenvalue weighted by molar-refractivity contribution is 1.18. The van der Waals surface area contributed by atoms with Gasteiger partial charge in [-0.2, -0.15) is 8.75 Å². The van der Waals surface area contributed by atoms with Crippen molar-refractivity contribution in [1.29, 1.82) is 0 Å². The van der Waals surface area contributed by atoms with Crippen LogP contribution >= 0.6 is 11.7 Å². The molecule has 0 aliphatic rings. The van der Waals surface area contributed by atoms with Crippen LogP contribution in [0.4, 0.5) is 0 Å². The van der Waals surface area contributed by atoms with Gasteiger partial charge < -0.3 is 0 Å². The zero-order chi connectivity index (χ0) is 35.1. The Hall–Kier alpha value is -6.89. The fourth-order valence-electron chi connectivity index (χ4n) is 7.09. The molecule has 3 aromatic heterocycles. The summed E-state index contributed by atoms with van der Waals surface area (Å²) < 4.78 is 9.29. The SMILES string of the molecule is c1ccc(-c2ccc(-c3cc(-c4ccc5c(c4)nc(-c4ccccc4)c4ccc6nsnc6c45)nc(-c4ccc(-c5ccccc5)cc4)n3)cc2)cc1. The molecule has 0 radical (unpaired) electrons. The Morgan fingerprint density at radius 3 is 1.49 bits per heavy atom. The fourth-order valence-corrected chi connectivity index (χ4v) is 7.63. The predicted octanol–water partition coefficient (Wildman–Crippen LogP) is 12.2. The average molecular weight is 696 g/mol. The molecule has 53 heavy (non-hydrogen) atoms. The molecular weight excluding hydrogens is 667 g/mol. The van der Waals surface area contributed by atoms with E-state index in [1.165, 1.54) is 22.9 Å². The van der Waals surface area contributed by atoms with Crippen molar-refractivity contribution in [2.24, 2.45) is 0 Å². The molecule has 10 aromatic rings. The van der Waals surface area contributed by atoms with E-state index in [1.807, 2.05) is 24.3 Å². The second-order valence-corrected chi connectivity index (χ2v) is 13.6. The third kappa shape index (κ3) is 5.72. The molecule has 0 spiro atoms. The van der Waals surface area contributed by atoms with Crippen LogP contribution in [0, 0.1) is 0 Å². The van der Waals surface area contributed by atoms with Gasteiger partial charge in [-0.1, -0.05) is 152 Å². The van der Waals surface area contributed by atoms with Crippen LogP contribution in [0.2, 0.25) is 0 Å². The van der Waals surface area contributed by atoms with Crippen molar-refractivity contribution < 1.29 is 0 Å². The summed E-state index contributed by atoms with van der Waals surface area (Å²) in [4.78, 5) is 15.6. The van der Waals surface area contributed by atoms with E-state index in [4.69, 9.17) is 19.3 Å². The molecule has 0 unspecified atom stereocenters. The Labute approximate surface area is 310 Å². The number of aromatic nitrogens is 5. The normalized spacial score (nSPS) is 11.4. The van der Waals surface area contributed by atoms with Gasteiger partial charge >= 0.3 is 0 Å². The van der Waals surface area contributed by atoms with Crippen LogP contribution in [-0.2, 0) is 0 Å². The molecule has 248 valence electrons. The Morgan fingerprint density at radius 2 is 0.849 bits per heavy atom. The van der Waals surface area contributed by atoms with E-state index in [1.54, 1.807) is 0 Å². The van der Waals surface area contributed by atoms with Gasteiger partial charge in [-0.25, -0.2) is 15.0 Å². The van der Waals surface area contributed by atoms with E-state index < -0.39 is 0 Å². The number of rotatable bonds is 6. The Balaban J connectivity index is 1.14. The highest BCUT2D eigenvalue weighted by atomic mass is 32.1. The third-order valence-corrected chi connectivity index (χ3v) is 10.3. The van der Waals surface area contributed by atoms with Crippen LogP contribution in [0.5, 0.6) is 0 Å². The molecule has 0 fully saturated rings. The molecule has 10 rings (SSSR count). The summed E-state index contributed by atoms with van der Waals surface area (Å²) in [5.74, 6) is 0.663. The van der Waals surface area contributed by atoms with E-state index >= 15 is 0 Å². The minimum atomic E-state index is 0.663. The Kier molecular flexibility index (Phi) is 7.59. The maximum atomic E-state index is 5.30. The number of nitrogens with zero attached hydrogens (tertiary/aromatic N) is 5. The Bertz CT molecular complexity index is 2810. The first-order chi connectivity index (χ1) is 26.2. The molecule has 0 saturated carbocycles. The standard InChI is InChI=1S/C47H29N5S/c1-4-10-30(11-5-1)32-16-20-34(21-17-32)41-29-42(50-47(49-41)36-22-18-33(19-23-36)31-12-6-2-7-13-31)37-24-25-38-43(28-37)48-45(35-14-8-3-9-15-35)39-26-27-40-46(44(38)39)52-53-51-40/h1-29H. The fraction of sp³-hybridized carbons (Fsp3) is 0. The maximum absolute atomic E-state index is 5.30. The molecule has 0 aliphatic carbocycles. The monoisotopic (exact) mass is 695 g/mol. The van der Waals surface area contributed by atoms with Crippen molar-refractivity contribution in [3.63, 3.8) is 0 Å². The second-order valence-electron chi connectivity index (χ2n) is 13.0. The van der Waals surface area contributed by atoms with Gasteiger partial charge in [0.2, 0.25) is 0 Å². The Morgan fingerprint density at radius 1 is 0.340 bits per heavy atom. The van der Waals surface area contributed by atoms with Crippen LogP contribution in [0.1, 0.15) is 0 Å². The lowest BCUT2D eigenvalue weighted by Crippen LogP contribution is -1.97. The summed E-state index contributed by atoms with van der Waals surface area (Å²) in [6.07, 6.45) is 0. The van der Waals surface area contributed by atoms with Gasteiger partial charge in [0.05, 0.1) is 34.3 Å². The summed E-state index contributed by atoms with van der Waals surface area (Å²) in [5, 5.41) is 3.15. The number of fused-ring (bicyclic) bond motifs is 5. The highest BCUT2D eigenvalue weighted by molar-refractivity contribution is 7.00. The summed E-state index contributed by atoms with van der Waals surface area (Å²) in [5.41, 5.74) is 13.9. The van der Waals surface area contributed by atoms with E-state index in [-0.39, 0.29) is 0 Å². The molecule has 7 aromatic carbocycles. The number of benzene rings is 7. The van der Waals surface area contributed by atoms with Crippen molar-refractivity contribution in [3.05, 3.63) is 176 Å². The molecule has 5 nitrogen and oxygen atoms in total. The van der Waals surface area contributed by atoms with Crippen molar-refractivity contribution in [1.82, 2.24) is 23.7 Å². The average Bonchev–Trinajstić information content (AvgIpc) is 3.74. The molecule has 0 N–H and O–H groups in total. The van der Waals surface area contributed by atoms with Crippen LogP contribution < -0.4 is 0 Å². The summed E-state index contributed by atoms with van der Waals surface area (Å²) >= 11 is 1.24. The maximum Gasteiger partial charge on any atom is 0.160 e. The molecule has 0 bridgehead atoms. The van der Waals surface area contributed by atoms with Crippen LogP contribution in [0.3, 0.4) is 0 Å². The quantitative estimate of drug-likeness (QED) is 0.162. The molecule has 0 amide bonds. The van der Waals surface area contributed by atoms with E-state index in [0.717, 1.165) is 83.2 Å². The largest absolute Gasteiger partial charge is 0.247 e. The number of pyridine rings is 1. The second kappa shape index (κ2) is 13.0. The van der Waals surface area contributed by atoms with E-state index in [2.05, 4.69) is 156 Å². The van der Waals surface area contributed by atoms with Crippen molar-refractivity contribution >= 4 is 44.4 Å². The zero-order valence-corrected chi connectivity index (χ0v) is 29.2. The van der Waals surface area contributed by atoms with Crippen LogP contribution in [-0.4, -0.2) is 23.7 Å². The molecule has 6 heteroatoms. The third-order valence-electron chi connectivity index (χ3n) is 9.79. The van der Waals surface area contributed by atoms with Gasteiger partial charge in [-0.3, -0.25) is 0 Å². The van der Waals surface area contributed by atoms with Gasteiger partial charge in [0.15, 0.2) is 5.82 Å². The summed E-state index contributed by atoms with van der Waals surface area (Å²) in [7, 11) is 0. The highest BCUT2D eigenvalue weighted by Crippen LogP contribution is 2.38. The first kappa shape index (κ1) is 30.9. The van der Waals surface area contributed by atoms with E-state index in [0.29, 0.717) is 5.82 Å². The predicted molar refractivity (Wildman–Crippen MR) is 218 cm³/mol. The lowest BCUT2D eigenvalue weighted by atomic mass is 9.97. The molecule has 0 atom stereocenters. The first-order valence-corrected chi connectivity index (χ1v) is 18.2. The van der Waals surface area contributed by atoms with Crippen molar-refractivity contribution in [3.8, 4) is 67.4 Å². The first-order valence-electron chi connectivity index (χ1n) is 17.5. The minimum absolute atomic E-state index is 0.663. The molecule has 0 aliphatic heterocycles. The molecular formula is C47H29N5S. The molecule has 3 heterocycles. The number of hydrogen-bond donors (Lipinski definition) is 0. The minimum Gasteiger partial charge on any atom is -0.247 e. The lowest BCUT2D eigenvalue weighted by Gasteiger charge is -2.13. The van der Waals surface area contributed by atoms with Gasteiger partial charge in [0.1, 0.15) is 11.0 Å². The van der Waals surface area contributed by atoms with Crippen LogP contribution in [0.25, 0.3) is 100 Å². The van der Waals surface area contributed by atoms with Crippen LogP contribution in [0.15, 0.2) is 176 Å². The zero-order valence-electron chi connectivity index (χ0n) is 28.4. The van der Waals surface area contributed by atoms with Crippen molar-refractivity contribution in [2.45, 2.75) is 0 Å². The number of hydrogen-bond acceptors (Lipinski definition) is 6. The summed E-state index contributed by atoms with van der Waals surface area (Å²) in [6.45, 7) is 0. The van der Waals surface area contributed by atoms with Gasteiger partial charge in [-0.05, 0) is 46.5 Å². The summed E-state index contributed by atoms with van der Waals surface area (Å²) in [6, 6.07) is 61.0. The van der Waals surface area contributed by atoms with E-state index in [9.17, 15) is 0 Å². The van der Waals surface area contributed by atoms with Gasteiger partial charge in [0, 0.05) is 38.4 Å². The highest BCUT2D eigenvalue weighted by Gasteiger charge is 2.17. The van der Waals surface area contributed by atoms with Crippen molar-refractivity contribution in [2.75, 3.05) is 0 Å². The smallest absolute Gasteiger partial charge is 0.160 e. The molecule has 0 saturated heterocycles. The van der Waals surface area contributed by atoms with Gasteiger partial charge in [0.25, 0.3) is 0 Å². The topological polar surface area (TPSA) is 64.5 Å².